The molecule has 0 spiro atoms. The van der Waals surface area contributed by atoms with E-state index in [0.29, 0.717) is 0 Å². The van der Waals surface area contributed by atoms with Crippen LogP contribution in [-0.4, -0.2) is 36.0 Å². The van der Waals surface area contributed by atoms with Crippen molar-refractivity contribution < 1.29 is 14.6 Å². The molecule has 0 fully saturated rings. The van der Waals surface area contributed by atoms with Crippen LogP contribution < -0.4 is 8.85 Å². The molecule has 0 aliphatic carbocycles. The SMILES string of the molecule is CCC(C)(C)C(C)(CC(C)(C)C)OCC(O)CNC(=O)NI. The maximum Gasteiger partial charge on any atom is 0.323 e. The number of ether oxygens (including phenoxy) is 1. The van der Waals surface area contributed by atoms with E-state index >= 15 is 0 Å². The maximum absolute atomic E-state index is 11.1. The van der Waals surface area contributed by atoms with E-state index in [1.165, 1.54) is 0 Å². The van der Waals surface area contributed by atoms with Gasteiger partial charge in [0.15, 0.2) is 0 Å². The van der Waals surface area contributed by atoms with E-state index in [0.717, 1.165) is 12.8 Å². The van der Waals surface area contributed by atoms with E-state index < -0.39 is 6.10 Å². The van der Waals surface area contributed by atoms with E-state index in [1.54, 1.807) is 22.9 Å². The van der Waals surface area contributed by atoms with Crippen LogP contribution in [-0.2, 0) is 4.74 Å². The highest BCUT2D eigenvalue weighted by atomic mass is 127. The highest BCUT2D eigenvalue weighted by Crippen LogP contribution is 2.44. The smallest absolute Gasteiger partial charge is 0.323 e. The van der Waals surface area contributed by atoms with Crippen LogP contribution in [0.1, 0.15) is 61.3 Å². The Morgan fingerprint density at radius 3 is 2.18 bits per heavy atom. The van der Waals surface area contributed by atoms with Crippen LogP contribution in [0.4, 0.5) is 4.79 Å². The monoisotopic (exact) mass is 428 g/mol. The molecule has 2 unspecified atom stereocenters. The van der Waals surface area contributed by atoms with E-state index in [1.807, 2.05) is 0 Å². The number of aliphatic hydroxyl groups excluding tert-OH is 1. The number of hydrogen-bond donors (Lipinski definition) is 3. The summed E-state index contributed by atoms with van der Waals surface area (Å²) >= 11 is 1.75. The number of rotatable bonds is 8. The van der Waals surface area contributed by atoms with Crippen molar-refractivity contribution in [3.05, 3.63) is 0 Å². The van der Waals surface area contributed by atoms with Gasteiger partial charge in [0.2, 0.25) is 0 Å². The average Bonchev–Trinajstić information content (AvgIpc) is 2.40. The summed E-state index contributed by atoms with van der Waals surface area (Å²) in [4.78, 5) is 11.1. The molecule has 6 heteroatoms. The van der Waals surface area contributed by atoms with Gasteiger partial charge in [0.05, 0.1) is 41.2 Å². The fourth-order valence-corrected chi connectivity index (χ4v) is 2.65. The second-order valence-corrected chi connectivity index (χ2v) is 8.51. The zero-order valence-electron chi connectivity index (χ0n) is 15.0. The number of halogens is 1. The second-order valence-electron chi connectivity index (χ2n) is 7.98. The molecule has 0 aliphatic rings. The number of amides is 2. The van der Waals surface area contributed by atoms with Crippen molar-refractivity contribution in [2.45, 2.75) is 73.0 Å². The minimum absolute atomic E-state index is 0.00693. The zero-order chi connectivity index (χ0) is 17.6. The maximum atomic E-state index is 11.1. The lowest BCUT2D eigenvalue weighted by Crippen LogP contribution is -2.49. The minimum Gasteiger partial charge on any atom is -0.389 e. The molecule has 0 aromatic carbocycles. The first kappa shape index (κ1) is 21.9. The molecule has 0 aromatic rings. The van der Waals surface area contributed by atoms with Crippen LogP contribution in [0.2, 0.25) is 0 Å². The summed E-state index contributed by atoms with van der Waals surface area (Å²) in [6, 6.07) is -0.314. The molecule has 5 nitrogen and oxygen atoms in total. The molecule has 0 saturated heterocycles. The average molecular weight is 428 g/mol. The number of carbonyl (C=O) groups is 1. The minimum atomic E-state index is -0.722. The molecular weight excluding hydrogens is 395 g/mol. The quantitative estimate of drug-likeness (QED) is 0.408. The number of aliphatic hydroxyl groups is 1. The number of nitrogens with one attached hydrogen (secondary N) is 2. The lowest BCUT2D eigenvalue weighted by atomic mass is 9.67. The topological polar surface area (TPSA) is 70.6 Å². The third kappa shape index (κ3) is 7.46. The molecule has 0 bridgehead atoms. The fraction of sp³-hybridized carbons (Fsp3) is 0.938. The van der Waals surface area contributed by atoms with Crippen molar-refractivity contribution in [1.82, 2.24) is 8.85 Å². The van der Waals surface area contributed by atoms with Gasteiger partial charge in [0.25, 0.3) is 0 Å². The van der Waals surface area contributed by atoms with Gasteiger partial charge >= 0.3 is 6.03 Å². The van der Waals surface area contributed by atoms with Crippen LogP contribution in [0.5, 0.6) is 0 Å². The van der Waals surface area contributed by atoms with E-state index in [-0.39, 0.29) is 35.6 Å². The Bertz CT molecular complexity index is 356. The van der Waals surface area contributed by atoms with Gasteiger partial charge in [-0.3, -0.25) is 3.53 Å². The first-order valence-electron chi connectivity index (χ1n) is 7.83. The van der Waals surface area contributed by atoms with Crippen LogP contribution in [0.25, 0.3) is 0 Å². The largest absolute Gasteiger partial charge is 0.389 e. The Labute approximate surface area is 149 Å². The number of hydrogen-bond acceptors (Lipinski definition) is 3. The first-order valence-corrected chi connectivity index (χ1v) is 8.91. The van der Waals surface area contributed by atoms with Gasteiger partial charge in [-0.15, -0.1) is 0 Å². The van der Waals surface area contributed by atoms with Gasteiger partial charge < -0.3 is 15.2 Å². The van der Waals surface area contributed by atoms with Crippen LogP contribution >= 0.6 is 22.9 Å². The predicted molar refractivity (Wildman–Crippen MR) is 99.1 cm³/mol. The van der Waals surface area contributed by atoms with Crippen molar-refractivity contribution in [2.24, 2.45) is 10.8 Å². The van der Waals surface area contributed by atoms with Crippen molar-refractivity contribution >= 4 is 28.9 Å². The van der Waals surface area contributed by atoms with Gasteiger partial charge in [-0.2, -0.15) is 0 Å². The summed E-state index contributed by atoms with van der Waals surface area (Å²) in [5, 5.41) is 12.6. The fourth-order valence-electron chi connectivity index (χ4n) is 2.45. The summed E-state index contributed by atoms with van der Waals surface area (Å²) < 4.78 is 8.59. The first-order chi connectivity index (χ1) is 9.87. The lowest BCUT2D eigenvalue weighted by Gasteiger charge is -2.47. The number of carbonyl (C=O) groups excluding carboxylic acids is 1. The molecule has 2 atom stereocenters. The molecule has 0 aromatic heterocycles. The van der Waals surface area contributed by atoms with Gasteiger partial charge in [-0.25, -0.2) is 4.79 Å². The van der Waals surface area contributed by atoms with E-state index in [4.69, 9.17) is 4.74 Å². The summed E-state index contributed by atoms with van der Waals surface area (Å²) in [6.45, 7) is 15.7. The van der Waals surface area contributed by atoms with Crippen LogP contribution in [0, 0.1) is 10.8 Å². The highest BCUT2D eigenvalue weighted by molar-refractivity contribution is 14.1. The van der Waals surface area contributed by atoms with Crippen LogP contribution in [0.3, 0.4) is 0 Å². The predicted octanol–water partition coefficient (Wildman–Crippen LogP) is 3.64. The molecule has 0 heterocycles. The normalized spacial score (nSPS) is 16.8. The molecule has 22 heavy (non-hydrogen) atoms. The molecule has 3 N–H and O–H groups in total. The van der Waals surface area contributed by atoms with Crippen molar-refractivity contribution in [1.29, 1.82) is 0 Å². The Morgan fingerprint density at radius 1 is 1.23 bits per heavy atom. The van der Waals surface area contributed by atoms with E-state index in [2.05, 4.69) is 57.3 Å². The zero-order valence-corrected chi connectivity index (χ0v) is 17.2. The van der Waals surface area contributed by atoms with Crippen molar-refractivity contribution in [3.8, 4) is 0 Å². The summed E-state index contributed by atoms with van der Waals surface area (Å²) in [6.07, 6.45) is 1.17. The Kier molecular flexibility index (Phi) is 8.65. The van der Waals surface area contributed by atoms with Gasteiger partial charge in [-0.05, 0) is 30.6 Å². The second kappa shape index (κ2) is 8.68. The highest BCUT2D eigenvalue weighted by Gasteiger charge is 2.43. The van der Waals surface area contributed by atoms with Crippen molar-refractivity contribution in [2.75, 3.05) is 13.2 Å². The summed E-state index contributed by atoms with van der Waals surface area (Å²) in [7, 11) is 0. The third-order valence-corrected chi connectivity index (χ3v) is 4.85. The lowest BCUT2D eigenvalue weighted by molar-refractivity contribution is -0.149. The molecule has 2 amide bonds. The molecule has 0 radical (unpaired) electrons. The molecule has 132 valence electrons. The summed E-state index contributed by atoms with van der Waals surface area (Å²) in [5.41, 5.74) is -0.217. The Morgan fingerprint density at radius 2 is 1.77 bits per heavy atom. The Balaban J connectivity index is 4.76. The number of urea groups is 1. The van der Waals surface area contributed by atoms with Gasteiger partial charge in [0, 0.05) is 6.54 Å². The molecule has 0 aliphatic heterocycles. The third-order valence-electron chi connectivity index (χ3n) is 4.36. The van der Waals surface area contributed by atoms with Crippen molar-refractivity contribution in [3.63, 3.8) is 0 Å². The van der Waals surface area contributed by atoms with Crippen LogP contribution in [0.15, 0.2) is 0 Å². The van der Waals surface area contributed by atoms with Gasteiger partial charge in [-0.1, -0.05) is 41.5 Å². The van der Waals surface area contributed by atoms with Gasteiger partial charge in [0.1, 0.15) is 0 Å². The molecular formula is C16H33IN2O3. The van der Waals surface area contributed by atoms with E-state index in [9.17, 15) is 9.90 Å². The Hall–Kier alpha value is -0.0800. The molecule has 0 saturated carbocycles. The standard InChI is InChI=1S/C16H33IN2O3/c1-8-15(5,6)16(7,11-14(2,3)4)22-10-12(20)9-18-13(21)19-17/h12,20H,8-11H2,1-7H3,(H2,18,19,21). The molecule has 0 rings (SSSR count). The summed E-state index contributed by atoms with van der Waals surface area (Å²) in [5.74, 6) is 0.